The molecule has 0 unspecified atom stereocenters. The maximum Gasteiger partial charge on any atom is 0.187 e. The molecule has 0 radical (unpaired) electrons. The van der Waals surface area contributed by atoms with Crippen molar-refractivity contribution in [3.05, 3.63) is 71.0 Å². The van der Waals surface area contributed by atoms with Gasteiger partial charge >= 0.3 is 0 Å². The summed E-state index contributed by atoms with van der Waals surface area (Å²) in [5.41, 5.74) is 5.18. The van der Waals surface area contributed by atoms with E-state index in [2.05, 4.69) is 49.6 Å². The van der Waals surface area contributed by atoms with Gasteiger partial charge in [0.2, 0.25) is 0 Å². The van der Waals surface area contributed by atoms with Crippen LogP contribution in [0.1, 0.15) is 11.1 Å². The van der Waals surface area contributed by atoms with E-state index in [0.717, 1.165) is 35.0 Å². The molecular weight excluding hydrogens is 334 g/mol. The van der Waals surface area contributed by atoms with E-state index in [0.29, 0.717) is 10.8 Å². The number of fused-ring (bicyclic) bond motifs is 5. The Kier molecular flexibility index (Phi) is 3.05. The van der Waals surface area contributed by atoms with Gasteiger partial charge in [-0.2, -0.15) is 0 Å². The van der Waals surface area contributed by atoms with E-state index in [1.807, 2.05) is 30.3 Å². The highest BCUT2D eigenvalue weighted by Crippen LogP contribution is 2.35. The van der Waals surface area contributed by atoms with E-state index in [9.17, 15) is 0 Å². The molecule has 1 aliphatic heterocycles. The van der Waals surface area contributed by atoms with Crippen molar-refractivity contribution >= 4 is 11.6 Å². The monoisotopic (exact) mass is 347 g/mol. The summed E-state index contributed by atoms with van der Waals surface area (Å²) in [5.74, 6) is 1.51. The van der Waals surface area contributed by atoms with Gasteiger partial charge in [0, 0.05) is 24.0 Å². The summed E-state index contributed by atoms with van der Waals surface area (Å²) >= 11 is 6.30. The van der Waals surface area contributed by atoms with E-state index in [1.54, 1.807) is 6.20 Å². The molecule has 0 bridgehead atoms. The van der Waals surface area contributed by atoms with Gasteiger partial charge in [0.25, 0.3) is 0 Å². The predicted octanol–water partition coefficient (Wildman–Crippen LogP) is 4.12. The molecule has 0 atom stereocenters. The summed E-state index contributed by atoms with van der Waals surface area (Å²) < 4.78 is 4.26. The Morgan fingerprint density at radius 1 is 1.04 bits per heavy atom. The molecule has 6 heteroatoms. The number of nitrogens with zero attached hydrogens (tertiary/aromatic N) is 5. The summed E-state index contributed by atoms with van der Waals surface area (Å²) in [4.78, 5) is 4.45. The smallest absolute Gasteiger partial charge is 0.187 e. The lowest BCUT2D eigenvalue weighted by molar-refractivity contribution is 0.814. The third-order valence-corrected chi connectivity index (χ3v) is 4.68. The minimum absolute atomic E-state index is 0.688. The zero-order valence-electron chi connectivity index (χ0n) is 13.5. The van der Waals surface area contributed by atoms with Crippen LogP contribution in [0.15, 0.2) is 54.9 Å². The number of pyridine rings is 1. The van der Waals surface area contributed by atoms with Crippen LogP contribution in [0.25, 0.3) is 28.7 Å². The first-order valence-electron chi connectivity index (χ1n) is 8.03. The van der Waals surface area contributed by atoms with E-state index < -0.39 is 0 Å². The molecule has 0 aliphatic carbocycles. The number of benzene rings is 1. The highest BCUT2D eigenvalue weighted by Gasteiger charge is 2.25. The molecule has 0 amide bonds. The molecule has 4 aromatic rings. The summed E-state index contributed by atoms with van der Waals surface area (Å²) in [5, 5.41) is 9.61. The molecule has 0 spiro atoms. The Balaban J connectivity index is 1.88. The molecule has 0 saturated heterocycles. The average molecular weight is 348 g/mol. The third-order valence-electron chi connectivity index (χ3n) is 4.45. The number of aryl methyl sites for hydroxylation is 1. The quantitative estimate of drug-likeness (QED) is 0.458. The number of hydrogen-bond acceptors (Lipinski definition) is 3. The van der Waals surface area contributed by atoms with Crippen LogP contribution in [-0.2, 0) is 6.54 Å². The normalized spacial score (nSPS) is 12.2. The zero-order chi connectivity index (χ0) is 17.0. The van der Waals surface area contributed by atoms with E-state index in [4.69, 9.17) is 11.6 Å². The van der Waals surface area contributed by atoms with Crippen LogP contribution in [0.4, 0.5) is 0 Å². The standard InChI is InChI=1S/C19H14ClN5/c1-12-8-17-19-23-22-18(15-4-2-3-7-21-15)25(19)16-9-14(20)6-5-13(16)11-24(17)10-12/h2-10H,11H2,1H3. The molecule has 25 heavy (non-hydrogen) atoms. The Labute approximate surface area is 149 Å². The first kappa shape index (κ1) is 14.4. The van der Waals surface area contributed by atoms with Crippen molar-refractivity contribution in [1.82, 2.24) is 24.3 Å². The fourth-order valence-electron chi connectivity index (χ4n) is 3.38. The Bertz CT molecular complexity index is 1090. The van der Waals surface area contributed by atoms with E-state index in [1.165, 1.54) is 5.56 Å². The first-order chi connectivity index (χ1) is 12.2. The highest BCUT2D eigenvalue weighted by atomic mass is 35.5. The molecule has 122 valence electrons. The molecule has 1 aromatic carbocycles. The van der Waals surface area contributed by atoms with Crippen molar-refractivity contribution in [2.45, 2.75) is 13.5 Å². The summed E-state index contributed by atoms with van der Waals surface area (Å²) in [6, 6.07) is 13.9. The molecule has 0 fully saturated rings. The maximum absolute atomic E-state index is 6.30. The fraction of sp³-hybridized carbons (Fsp3) is 0.105. The number of halogens is 1. The highest BCUT2D eigenvalue weighted by molar-refractivity contribution is 6.30. The number of aromatic nitrogens is 5. The Morgan fingerprint density at radius 3 is 2.76 bits per heavy atom. The predicted molar refractivity (Wildman–Crippen MR) is 96.9 cm³/mol. The second kappa shape index (κ2) is 5.29. The average Bonchev–Trinajstić information content (AvgIpc) is 3.18. The maximum atomic E-state index is 6.30. The lowest BCUT2D eigenvalue weighted by Gasteiger charge is -2.11. The minimum atomic E-state index is 0.688. The van der Waals surface area contributed by atoms with Gasteiger partial charge in [-0.15, -0.1) is 10.2 Å². The lowest BCUT2D eigenvalue weighted by Crippen LogP contribution is -2.03. The van der Waals surface area contributed by atoms with Crippen LogP contribution < -0.4 is 0 Å². The fourth-order valence-corrected chi connectivity index (χ4v) is 3.54. The van der Waals surface area contributed by atoms with Gasteiger partial charge in [-0.25, -0.2) is 0 Å². The topological polar surface area (TPSA) is 48.5 Å². The molecular formula is C19H14ClN5. The van der Waals surface area contributed by atoms with Crippen molar-refractivity contribution < 1.29 is 0 Å². The zero-order valence-corrected chi connectivity index (χ0v) is 14.3. The van der Waals surface area contributed by atoms with Crippen molar-refractivity contribution in [2.24, 2.45) is 0 Å². The summed E-state index contributed by atoms with van der Waals surface area (Å²) in [6.07, 6.45) is 3.90. The van der Waals surface area contributed by atoms with E-state index >= 15 is 0 Å². The molecule has 4 heterocycles. The molecule has 3 aromatic heterocycles. The SMILES string of the molecule is Cc1cc2n(c1)Cc1ccc(Cl)cc1-n1c(-c3ccccn3)nnc1-2. The second-order valence-corrected chi connectivity index (χ2v) is 6.64. The van der Waals surface area contributed by atoms with Crippen LogP contribution >= 0.6 is 11.6 Å². The van der Waals surface area contributed by atoms with Gasteiger partial charge in [-0.1, -0.05) is 23.7 Å². The first-order valence-corrected chi connectivity index (χ1v) is 8.41. The Morgan fingerprint density at radius 2 is 1.92 bits per heavy atom. The third kappa shape index (κ3) is 2.20. The van der Waals surface area contributed by atoms with Gasteiger partial charge in [-0.3, -0.25) is 9.55 Å². The van der Waals surface area contributed by atoms with Crippen molar-refractivity contribution in [3.63, 3.8) is 0 Å². The second-order valence-electron chi connectivity index (χ2n) is 6.20. The Hall–Kier alpha value is -2.92. The van der Waals surface area contributed by atoms with Crippen molar-refractivity contribution in [2.75, 3.05) is 0 Å². The molecule has 5 nitrogen and oxygen atoms in total. The van der Waals surface area contributed by atoms with Crippen molar-refractivity contribution in [1.29, 1.82) is 0 Å². The van der Waals surface area contributed by atoms with Gasteiger partial charge in [0.1, 0.15) is 5.69 Å². The number of rotatable bonds is 1. The largest absolute Gasteiger partial charge is 0.340 e. The molecule has 0 N–H and O–H groups in total. The number of hydrogen-bond donors (Lipinski definition) is 0. The van der Waals surface area contributed by atoms with Gasteiger partial charge < -0.3 is 4.57 Å². The van der Waals surface area contributed by atoms with Crippen LogP contribution in [0.5, 0.6) is 0 Å². The van der Waals surface area contributed by atoms with Crippen molar-refractivity contribution in [3.8, 4) is 28.7 Å². The van der Waals surface area contributed by atoms with E-state index in [-0.39, 0.29) is 0 Å². The lowest BCUT2D eigenvalue weighted by atomic mass is 10.1. The summed E-state index contributed by atoms with van der Waals surface area (Å²) in [6.45, 7) is 2.85. The van der Waals surface area contributed by atoms with Crippen LogP contribution in [0.3, 0.4) is 0 Å². The molecule has 5 rings (SSSR count). The summed E-state index contributed by atoms with van der Waals surface area (Å²) in [7, 11) is 0. The van der Waals surface area contributed by atoms with Gasteiger partial charge in [0.15, 0.2) is 11.6 Å². The van der Waals surface area contributed by atoms with Crippen LogP contribution in [-0.4, -0.2) is 24.3 Å². The molecule has 0 saturated carbocycles. The van der Waals surface area contributed by atoms with Crippen LogP contribution in [0.2, 0.25) is 5.02 Å². The molecule has 1 aliphatic rings. The van der Waals surface area contributed by atoms with Gasteiger partial charge in [-0.05, 0) is 48.4 Å². The van der Waals surface area contributed by atoms with Gasteiger partial charge in [0.05, 0.1) is 11.4 Å². The van der Waals surface area contributed by atoms with Crippen LogP contribution in [0, 0.1) is 6.92 Å². The minimum Gasteiger partial charge on any atom is -0.340 e.